The SMILES string of the molecule is c1cc2c(cc1CN1CCCC(C3CCCN3)C1)OCO2. The first kappa shape index (κ1) is 13.4. The van der Waals surface area contributed by atoms with Crippen LogP contribution in [0.5, 0.6) is 11.5 Å². The molecule has 114 valence electrons. The second-order valence-corrected chi connectivity index (χ2v) is 6.53. The zero-order chi connectivity index (χ0) is 14.1. The van der Waals surface area contributed by atoms with Crippen molar-refractivity contribution in [2.75, 3.05) is 26.4 Å². The number of nitrogens with one attached hydrogen (secondary N) is 1. The van der Waals surface area contributed by atoms with E-state index in [0.717, 1.165) is 30.0 Å². The zero-order valence-electron chi connectivity index (χ0n) is 12.5. The Bertz CT molecular complexity index is 500. The molecular formula is C17H24N2O2. The number of ether oxygens (including phenoxy) is 2. The van der Waals surface area contributed by atoms with Crippen molar-refractivity contribution >= 4 is 0 Å². The minimum absolute atomic E-state index is 0.359. The van der Waals surface area contributed by atoms with Gasteiger partial charge in [0.1, 0.15) is 0 Å². The van der Waals surface area contributed by atoms with Gasteiger partial charge in [0.15, 0.2) is 11.5 Å². The molecule has 4 nitrogen and oxygen atoms in total. The van der Waals surface area contributed by atoms with Gasteiger partial charge >= 0.3 is 0 Å². The number of rotatable bonds is 3. The van der Waals surface area contributed by atoms with Crippen molar-refractivity contribution in [1.82, 2.24) is 10.2 Å². The van der Waals surface area contributed by atoms with Crippen molar-refractivity contribution in [3.8, 4) is 11.5 Å². The second kappa shape index (κ2) is 5.85. The van der Waals surface area contributed by atoms with E-state index >= 15 is 0 Å². The lowest BCUT2D eigenvalue weighted by atomic mass is 9.89. The highest BCUT2D eigenvalue weighted by molar-refractivity contribution is 5.44. The van der Waals surface area contributed by atoms with Gasteiger partial charge in [-0.25, -0.2) is 0 Å². The molecule has 2 unspecified atom stereocenters. The van der Waals surface area contributed by atoms with E-state index in [1.54, 1.807) is 0 Å². The lowest BCUT2D eigenvalue weighted by Crippen LogP contribution is -2.43. The average Bonchev–Trinajstić information content (AvgIpc) is 3.18. The van der Waals surface area contributed by atoms with E-state index in [0.29, 0.717) is 6.79 Å². The van der Waals surface area contributed by atoms with Gasteiger partial charge in [0.05, 0.1) is 0 Å². The molecule has 0 radical (unpaired) electrons. The predicted molar refractivity (Wildman–Crippen MR) is 81.6 cm³/mol. The van der Waals surface area contributed by atoms with E-state index in [9.17, 15) is 0 Å². The van der Waals surface area contributed by atoms with E-state index in [-0.39, 0.29) is 0 Å². The largest absolute Gasteiger partial charge is 0.454 e. The Morgan fingerprint density at radius 2 is 2.10 bits per heavy atom. The Labute approximate surface area is 126 Å². The summed E-state index contributed by atoms with van der Waals surface area (Å²) >= 11 is 0. The molecular weight excluding hydrogens is 264 g/mol. The van der Waals surface area contributed by atoms with Crippen LogP contribution in [-0.2, 0) is 6.54 Å². The Morgan fingerprint density at radius 1 is 1.14 bits per heavy atom. The van der Waals surface area contributed by atoms with Crippen molar-refractivity contribution in [1.29, 1.82) is 0 Å². The molecule has 2 atom stereocenters. The van der Waals surface area contributed by atoms with Crippen LogP contribution in [0.15, 0.2) is 18.2 Å². The number of piperidine rings is 1. The molecule has 2 saturated heterocycles. The summed E-state index contributed by atoms with van der Waals surface area (Å²) < 4.78 is 10.9. The van der Waals surface area contributed by atoms with Gasteiger partial charge in [-0.05, 0) is 62.4 Å². The van der Waals surface area contributed by atoms with Gasteiger partial charge in [-0.15, -0.1) is 0 Å². The van der Waals surface area contributed by atoms with Crippen molar-refractivity contribution in [3.63, 3.8) is 0 Å². The maximum atomic E-state index is 5.48. The summed E-state index contributed by atoms with van der Waals surface area (Å²) in [5.74, 6) is 2.61. The van der Waals surface area contributed by atoms with Gasteiger partial charge in [-0.1, -0.05) is 6.07 Å². The molecule has 0 bridgehead atoms. The molecule has 3 aliphatic heterocycles. The molecule has 0 saturated carbocycles. The normalized spacial score (nSPS) is 29.0. The third kappa shape index (κ3) is 2.87. The van der Waals surface area contributed by atoms with E-state index in [1.165, 1.54) is 50.9 Å². The fraction of sp³-hybridized carbons (Fsp3) is 0.647. The summed E-state index contributed by atoms with van der Waals surface area (Å²) in [6.07, 6.45) is 5.43. The molecule has 3 heterocycles. The first-order chi connectivity index (χ1) is 10.4. The van der Waals surface area contributed by atoms with Crippen LogP contribution < -0.4 is 14.8 Å². The highest BCUT2D eigenvalue weighted by atomic mass is 16.7. The Balaban J connectivity index is 1.39. The van der Waals surface area contributed by atoms with Crippen LogP contribution in [0.25, 0.3) is 0 Å². The summed E-state index contributed by atoms with van der Waals surface area (Å²) in [6.45, 7) is 5.05. The number of hydrogen-bond donors (Lipinski definition) is 1. The van der Waals surface area contributed by atoms with Gasteiger partial charge in [0.2, 0.25) is 6.79 Å². The molecule has 3 aliphatic rings. The zero-order valence-corrected chi connectivity index (χ0v) is 12.5. The minimum Gasteiger partial charge on any atom is -0.454 e. The molecule has 2 fully saturated rings. The summed E-state index contributed by atoms with van der Waals surface area (Å²) in [5, 5.41) is 3.68. The number of likely N-dealkylation sites (tertiary alicyclic amines) is 1. The molecule has 0 aliphatic carbocycles. The Hall–Kier alpha value is -1.26. The molecule has 0 amide bonds. The van der Waals surface area contributed by atoms with E-state index in [1.807, 2.05) is 6.07 Å². The second-order valence-electron chi connectivity index (χ2n) is 6.53. The van der Waals surface area contributed by atoms with Crippen molar-refractivity contribution in [2.45, 2.75) is 38.3 Å². The van der Waals surface area contributed by atoms with Crippen LogP contribution in [0.2, 0.25) is 0 Å². The van der Waals surface area contributed by atoms with Crippen LogP contribution in [-0.4, -0.2) is 37.4 Å². The maximum absolute atomic E-state index is 5.48. The Morgan fingerprint density at radius 3 is 3.00 bits per heavy atom. The lowest BCUT2D eigenvalue weighted by molar-refractivity contribution is 0.145. The van der Waals surface area contributed by atoms with Gasteiger partial charge in [0.25, 0.3) is 0 Å². The van der Waals surface area contributed by atoms with Crippen LogP contribution in [0.1, 0.15) is 31.2 Å². The highest BCUT2D eigenvalue weighted by Crippen LogP contribution is 2.33. The summed E-state index contributed by atoms with van der Waals surface area (Å²) in [5.41, 5.74) is 1.33. The minimum atomic E-state index is 0.359. The molecule has 4 rings (SSSR count). The topological polar surface area (TPSA) is 33.7 Å². The number of nitrogens with zero attached hydrogens (tertiary/aromatic N) is 1. The van der Waals surface area contributed by atoms with Gasteiger partial charge in [-0.3, -0.25) is 4.90 Å². The van der Waals surface area contributed by atoms with Crippen molar-refractivity contribution in [2.24, 2.45) is 5.92 Å². The molecule has 1 aromatic rings. The fourth-order valence-corrected chi connectivity index (χ4v) is 3.97. The van der Waals surface area contributed by atoms with E-state index in [4.69, 9.17) is 9.47 Å². The maximum Gasteiger partial charge on any atom is 0.231 e. The Kier molecular flexibility index (Phi) is 3.74. The lowest BCUT2D eigenvalue weighted by Gasteiger charge is -2.35. The molecule has 21 heavy (non-hydrogen) atoms. The third-order valence-corrected chi connectivity index (χ3v) is 5.05. The summed E-state index contributed by atoms with van der Waals surface area (Å²) in [6, 6.07) is 7.10. The van der Waals surface area contributed by atoms with E-state index in [2.05, 4.69) is 22.3 Å². The average molecular weight is 288 g/mol. The number of hydrogen-bond acceptors (Lipinski definition) is 4. The first-order valence-electron chi connectivity index (χ1n) is 8.23. The molecule has 1 N–H and O–H groups in total. The van der Waals surface area contributed by atoms with E-state index < -0.39 is 0 Å². The monoisotopic (exact) mass is 288 g/mol. The fourth-order valence-electron chi connectivity index (χ4n) is 3.97. The third-order valence-electron chi connectivity index (χ3n) is 5.05. The van der Waals surface area contributed by atoms with Crippen molar-refractivity contribution < 1.29 is 9.47 Å². The van der Waals surface area contributed by atoms with Gasteiger partial charge in [0, 0.05) is 19.1 Å². The summed E-state index contributed by atoms with van der Waals surface area (Å²) in [7, 11) is 0. The molecule has 0 spiro atoms. The predicted octanol–water partition coefficient (Wildman–Crippen LogP) is 2.38. The smallest absolute Gasteiger partial charge is 0.231 e. The highest BCUT2D eigenvalue weighted by Gasteiger charge is 2.29. The molecule has 0 aromatic heterocycles. The van der Waals surface area contributed by atoms with Crippen LogP contribution in [0, 0.1) is 5.92 Å². The van der Waals surface area contributed by atoms with Crippen LogP contribution in [0.3, 0.4) is 0 Å². The van der Waals surface area contributed by atoms with Crippen LogP contribution >= 0.6 is 0 Å². The molecule has 4 heteroatoms. The standard InChI is InChI=1S/C17H24N2O2/c1-4-15(18-7-1)14-3-2-8-19(11-14)10-13-5-6-16-17(9-13)21-12-20-16/h5-6,9,14-15,18H,1-4,7-8,10-12H2. The van der Waals surface area contributed by atoms with Crippen LogP contribution in [0.4, 0.5) is 0 Å². The molecule has 1 aromatic carbocycles. The number of benzene rings is 1. The van der Waals surface area contributed by atoms with Gasteiger partial charge in [-0.2, -0.15) is 0 Å². The van der Waals surface area contributed by atoms with Gasteiger partial charge < -0.3 is 14.8 Å². The number of fused-ring (bicyclic) bond motifs is 1. The summed E-state index contributed by atoms with van der Waals surface area (Å²) in [4.78, 5) is 2.60. The van der Waals surface area contributed by atoms with Crippen molar-refractivity contribution in [3.05, 3.63) is 23.8 Å². The quantitative estimate of drug-likeness (QED) is 0.926. The first-order valence-corrected chi connectivity index (χ1v) is 8.23.